The van der Waals surface area contributed by atoms with Crippen LogP contribution in [0.3, 0.4) is 0 Å². The molecule has 0 saturated carbocycles. The van der Waals surface area contributed by atoms with E-state index < -0.39 is 6.10 Å². The first-order valence-corrected chi connectivity index (χ1v) is 9.65. The number of rotatable bonds is 5. The predicted molar refractivity (Wildman–Crippen MR) is 105 cm³/mol. The fraction of sp³-hybridized carbons (Fsp3) is 0.250. The number of ether oxygens (including phenoxy) is 1. The summed E-state index contributed by atoms with van der Waals surface area (Å²) in [6.45, 7) is 2.23. The molecule has 0 bridgehead atoms. The van der Waals surface area contributed by atoms with Crippen molar-refractivity contribution in [3.05, 3.63) is 48.0 Å². The van der Waals surface area contributed by atoms with Crippen LogP contribution in [0.5, 0.6) is 5.75 Å². The topological polar surface area (TPSA) is 75.6 Å². The molecule has 0 spiro atoms. The van der Waals surface area contributed by atoms with Crippen molar-refractivity contribution >= 4 is 22.9 Å². The molecule has 138 valence electrons. The maximum absolute atomic E-state index is 12.5. The van der Waals surface area contributed by atoms with E-state index >= 15 is 0 Å². The second-order valence-electron chi connectivity index (χ2n) is 6.26. The number of aliphatic hydroxyl groups is 1. The lowest BCUT2D eigenvalue weighted by Gasteiger charge is -2.33. The number of carbonyl (C=O) groups excluding carboxylic acids is 1. The number of anilines is 1. The highest BCUT2D eigenvalue weighted by molar-refractivity contribution is 7.13. The highest BCUT2D eigenvalue weighted by Gasteiger charge is 2.31. The molecule has 27 heavy (non-hydrogen) atoms. The van der Waals surface area contributed by atoms with Gasteiger partial charge in [0, 0.05) is 30.3 Å². The average molecular weight is 381 g/mol. The van der Waals surface area contributed by atoms with Crippen LogP contribution in [0.15, 0.2) is 48.0 Å². The van der Waals surface area contributed by atoms with E-state index in [0.29, 0.717) is 18.7 Å². The first-order valence-electron chi connectivity index (χ1n) is 8.77. The first-order chi connectivity index (χ1) is 13.2. The third-order valence-electron chi connectivity index (χ3n) is 4.39. The molecule has 4 rings (SSSR count). The molecule has 1 amide bonds. The van der Waals surface area contributed by atoms with E-state index in [9.17, 15) is 4.79 Å². The molecule has 1 unspecified atom stereocenters. The number of amides is 1. The molecule has 2 aromatic heterocycles. The highest BCUT2D eigenvalue weighted by atomic mass is 32.1. The minimum Gasteiger partial charge on any atom is -0.479 e. The summed E-state index contributed by atoms with van der Waals surface area (Å²) in [7, 11) is 0. The van der Waals surface area contributed by atoms with Crippen LogP contribution in [-0.2, 0) is 4.79 Å². The number of carbonyl (C=O) groups is 1. The maximum Gasteiger partial charge on any atom is 0.267 e. The fourth-order valence-electron chi connectivity index (χ4n) is 3.04. The number of aromatic nitrogens is 2. The van der Waals surface area contributed by atoms with Gasteiger partial charge in [0.05, 0.1) is 17.1 Å². The van der Waals surface area contributed by atoms with Gasteiger partial charge in [0.25, 0.3) is 5.91 Å². The van der Waals surface area contributed by atoms with Gasteiger partial charge >= 0.3 is 0 Å². The largest absolute Gasteiger partial charge is 0.479 e. The summed E-state index contributed by atoms with van der Waals surface area (Å²) in [6, 6.07) is 11.5. The van der Waals surface area contributed by atoms with Crippen molar-refractivity contribution in [1.82, 2.24) is 9.97 Å². The van der Waals surface area contributed by atoms with Crippen molar-refractivity contribution in [2.45, 2.75) is 19.4 Å². The van der Waals surface area contributed by atoms with Crippen LogP contribution in [0.4, 0.5) is 5.69 Å². The van der Waals surface area contributed by atoms with Gasteiger partial charge in [0.2, 0.25) is 0 Å². The number of benzene rings is 1. The first kappa shape index (κ1) is 17.6. The lowest BCUT2D eigenvalue weighted by Crippen LogP contribution is -2.45. The van der Waals surface area contributed by atoms with E-state index in [1.807, 2.05) is 41.8 Å². The molecule has 0 saturated heterocycles. The van der Waals surface area contributed by atoms with Gasteiger partial charge < -0.3 is 14.7 Å². The third-order valence-corrected chi connectivity index (χ3v) is 5.26. The molecule has 1 aromatic carbocycles. The molecular formula is C20H19N3O3S. The molecule has 6 nitrogen and oxygen atoms in total. The van der Waals surface area contributed by atoms with Gasteiger partial charge in [-0.15, -0.1) is 11.3 Å². The van der Waals surface area contributed by atoms with Crippen molar-refractivity contribution in [3.8, 4) is 27.7 Å². The second-order valence-corrected chi connectivity index (χ2v) is 7.12. The molecule has 1 atom stereocenters. The minimum atomic E-state index is -0.530. The number of hydrogen-bond acceptors (Lipinski definition) is 6. The molecule has 7 heteroatoms. The van der Waals surface area contributed by atoms with Crippen molar-refractivity contribution < 1.29 is 14.6 Å². The second kappa shape index (κ2) is 7.46. The minimum absolute atomic E-state index is 0.0353. The van der Waals surface area contributed by atoms with Gasteiger partial charge in [-0.3, -0.25) is 9.78 Å². The zero-order chi connectivity index (χ0) is 18.8. The SMILES string of the molecule is CC1Oc2ccc(-c3csc(-c4ccccn4)n3)cc2N(CCCO)C1=O. The van der Waals surface area contributed by atoms with Gasteiger partial charge in [-0.05, 0) is 43.7 Å². The Kier molecular flexibility index (Phi) is 4.87. The molecule has 1 aliphatic heterocycles. The Labute approximate surface area is 161 Å². The summed E-state index contributed by atoms with van der Waals surface area (Å²) >= 11 is 1.53. The van der Waals surface area contributed by atoms with E-state index in [0.717, 1.165) is 27.6 Å². The lowest BCUT2D eigenvalue weighted by atomic mass is 10.1. The Bertz CT molecular complexity index is 958. The highest BCUT2D eigenvalue weighted by Crippen LogP contribution is 2.38. The monoisotopic (exact) mass is 381 g/mol. The number of hydrogen-bond donors (Lipinski definition) is 1. The lowest BCUT2D eigenvalue weighted by molar-refractivity contribution is -0.125. The Morgan fingerprint density at radius 2 is 2.15 bits per heavy atom. The summed E-state index contributed by atoms with van der Waals surface area (Å²) in [5, 5.41) is 12.0. The predicted octanol–water partition coefficient (Wildman–Crippen LogP) is 3.37. The van der Waals surface area contributed by atoms with Crippen LogP contribution in [-0.4, -0.2) is 40.2 Å². The Morgan fingerprint density at radius 1 is 1.26 bits per heavy atom. The van der Waals surface area contributed by atoms with Crippen molar-refractivity contribution in [3.63, 3.8) is 0 Å². The fourth-order valence-corrected chi connectivity index (χ4v) is 3.84. The van der Waals surface area contributed by atoms with Gasteiger partial charge in [-0.25, -0.2) is 4.98 Å². The van der Waals surface area contributed by atoms with E-state index in [4.69, 9.17) is 14.8 Å². The molecule has 1 aliphatic rings. The van der Waals surface area contributed by atoms with Gasteiger partial charge in [0.1, 0.15) is 10.8 Å². The zero-order valence-corrected chi connectivity index (χ0v) is 15.6. The summed E-state index contributed by atoms with van der Waals surface area (Å²) < 4.78 is 5.74. The Morgan fingerprint density at radius 3 is 2.93 bits per heavy atom. The molecule has 0 fully saturated rings. The quantitative estimate of drug-likeness (QED) is 0.733. The van der Waals surface area contributed by atoms with Crippen LogP contribution >= 0.6 is 11.3 Å². The Balaban J connectivity index is 1.69. The maximum atomic E-state index is 12.5. The van der Waals surface area contributed by atoms with E-state index in [1.165, 1.54) is 11.3 Å². The third kappa shape index (κ3) is 3.43. The smallest absolute Gasteiger partial charge is 0.267 e. The Hall–Kier alpha value is -2.77. The van der Waals surface area contributed by atoms with Crippen molar-refractivity contribution in [1.29, 1.82) is 0 Å². The number of fused-ring (bicyclic) bond motifs is 1. The van der Waals surface area contributed by atoms with Crippen molar-refractivity contribution in [2.75, 3.05) is 18.1 Å². The molecule has 3 aromatic rings. The van der Waals surface area contributed by atoms with Crippen molar-refractivity contribution in [2.24, 2.45) is 0 Å². The molecule has 0 aliphatic carbocycles. The summed E-state index contributed by atoms with van der Waals surface area (Å²) in [5.74, 6) is 0.574. The average Bonchev–Trinajstić information content (AvgIpc) is 3.19. The van der Waals surface area contributed by atoms with Crippen LogP contribution in [0.25, 0.3) is 22.0 Å². The number of nitrogens with zero attached hydrogens (tertiary/aromatic N) is 3. The van der Waals surface area contributed by atoms with E-state index in [-0.39, 0.29) is 12.5 Å². The van der Waals surface area contributed by atoms with Crippen LogP contribution in [0.2, 0.25) is 0 Å². The number of pyridine rings is 1. The normalized spacial score (nSPS) is 16.1. The molecule has 3 heterocycles. The van der Waals surface area contributed by atoms with Crippen LogP contribution in [0.1, 0.15) is 13.3 Å². The summed E-state index contributed by atoms with van der Waals surface area (Å²) in [5.41, 5.74) is 3.30. The number of thiazole rings is 1. The summed E-state index contributed by atoms with van der Waals surface area (Å²) in [4.78, 5) is 23.3. The van der Waals surface area contributed by atoms with E-state index in [2.05, 4.69) is 4.98 Å². The van der Waals surface area contributed by atoms with Gasteiger partial charge in [-0.1, -0.05) is 6.07 Å². The van der Waals surface area contributed by atoms with Crippen LogP contribution in [0, 0.1) is 0 Å². The van der Waals surface area contributed by atoms with Crippen LogP contribution < -0.4 is 9.64 Å². The number of aliphatic hydroxyl groups excluding tert-OH is 1. The molecule has 1 N–H and O–H groups in total. The molecule has 0 radical (unpaired) electrons. The standard InChI is InChI=1S/C20H19N3O3S/c1-13-20(25)23(9-4-10-24)17-11-14(6-7-18(17)26-13)16-12-27-19(22-16)15-5-2-3-8-21-15/h2-3,5-8,11-13,24H,4,9-10H2,1H3. The molecular weight excluding hydrogens is 362 g/mol. The zero-order valence-electron chi connectivity index (χ0n) is 14.8. The summed E-state index contributed by atoms with van der Waals surface area (Å²) in [6.07, 6.45) is 1.73. The van der Waals surface area contributed by atoms with Gasteiger partial charge in [0.15, 0.2) is 6.10 Å². The van der Waals surface area contributed by atoms with E-state index in [1.54, 1.807) is 18.0 Å². The van der Waals surface area contributed by atoms with Gasteiger partial charge in [-0.2, -0.15) is 0 Å².